The highest BCUT2D eigenvalue weighted by Gasteiger charge is 2.18. The topological polar surface area (TPSA) is 143 Å². The number of aromatic nitrogens is 3. The third-order valence-electron chi connectivity index (χ3n) is 4.47. The van der Waals surface area contributed by atoms with Gasteiger partial charge in [0.05, 0.1) is 6.54 Å². The van der Waals surface area contributed by atoms with E-state index in [9.17, 15) is 0 Å². The van der Waals surface area contributed by atoms with Crippen molar-refractivity contribution in [1.29, 1.82) is 0 Å². The molecule has 0 saturated carbocycles. The van der Waals surface area contributed by atoms with E-state index in [4.69, 9.17) is 29.2 Å². The van der Waals surface area contributed by atoms with Crippen LogP contribution in [0.3, 0.4) is 0 Å². The Hall–Kier alpha value is -3.40. The first-order valence-corrected chi connectivity index (χ1v) is 9.24. The maximum atomic E-state index is 9.10. The molecule has 1 aliphatic rings. The van der Waals surface area contributed by atoms with Crippen molar-refractivity contribution < 1.29 is 24.2 Å². The van der Waals surface area contributed by atoms with Crippen LogP contribution in [0.2, 0.25) is 0 Å². The van der Waals surface area contributed by atoms with Crippen LogP contribution in [-0.4, -0.2) is 55.8 Å². The molecule has 1 aliphatic heterocycles. The van der Waals surface area contributed by atoms with Gasteiger partial charge in [-0.2, -0.15) is 0 Å². The minimum atomic E-state index is -1.82. The van der Waals surface area contributed by atoms with E-state index in [1.807, 2.05) is 37.4 Å². The largest absolute Gasteiger partial charge is 0.473 e. The van der Waals surface area contributed by atoms with Crippen LogP contribution in [0, 0.1) is 6.92 Å². The average Bonchev–Trinajstić information content (AvgIpc) is 3.27. The second-order valence-electron chi connectivity index (χ2n) is 6.66. The van der Waals surface area contributed by atoms with Gasteiger partial charge in [-0.25, -0.2) is 19.6 Å². The van der Waals surface area contributed by atoms with Crippen molar-refractivity contribution in [3.8, 4) is 0 Å². The van der Waals surface area contributed by atoms with Gasteiger partial charge in [-0.05, 0) is 57.1 Å². The van der Waals surface area contributed by atoms with Gasteiger partial charge in [-0.3, -0.25) is 4.57 Å². The summed E-state index contributed by atoms with van der Waals surface area (Å²) < 4.78 is 7.84. The number of piperidine rings is 1. The molecule has 0 unspecified atom stereocenters. The number of imidazole rings is 1. The third kappa shape index (κ3) is 5.32. The van der Waals surface area contributed by atoms with Gasteiger partial charge in [0, 0.05) is 12.2 Å². The Morgan fingerprint density at radius 2 is 1.97 bits per heavy atom. The first-order chi connectivity index (χ1) is 13.9. The molecular formula is C19H23N5O5. The fraction of sp³-hybridized carbons (Fsp3) is 0.368. The molecule has 0 atom stereocenters. The highest BCUT2D eigenvalue weighted by Crippen LogP contribution is 2.22. The lowest BCUT2D eigenvalue weighted by Crippen LogP contribution is -2.36. The molecule has 0 aliphatic carbocycles. The number of rotatable bonds is 4. The number of furan rings is 1. The smallest absolute Gasteiger partial charge is 0.414 e. The maximum absolute atomic E-state index is 9.10. The predicted molar refractivity (Wildman–Crippen MR) is 105 cm³/mol. The number of hydrogen-bond donors (Lipinski definition) is 4. The number of fused-ring (bicyclic) bond motifs is 1. The van der Waals surface area contributed by atoms with Crippen molar-refractivity contribution >= 4 is 29.1 Å². The molecule has 10 nitrogen and oxygen atoms in total. The molecule has 1 saturated heterocycles. The van der Waals surface area contributed by atoms with Crippen molar-refractivity contribution in [2.45, 2.75) is 32.4 Å². The molecule has 4 N–H and O–H groups in total. The first kappa shape index (κ1) is 20.3. The predicted octanol–water partition coefficient (Wildman–Crippen LogP) is 1.70. The maximum Gasteiger partial charge on any atom is 0.414 e. The molecule has 4 rings (SSSR count). The highest BCUT2D eigenvalue weighted by atomic mass is 16.4. The molecule has 3 aromatic rings. The van der Waals surface area contributed by atoms with E-state index in [-0.39, 0.29) is 0 Å². The average molecular weight is 401 g/mol. The standard InChI is InChI=1S/C17H21N5O.C2H2O4/c1-12-4-5-14(23-12)11-22-16-15(3-2-8-19-16)21-17(22)20-13-6-9-18-10-7-13;3-1(4)2(5)6/h2-5,8,13,18H,6-7,9-11H2,1H3,(H,20,21);(H,3,4)(H,5,6). The van der Waals surface area contributed by atoms with E-state index in [0.29, 0.717) is 12.6 Å². The molecule has 1 fully saturated rings. The van der Waals surface area contributed by atoms with E-state index < -0.39 is 11.9 Å². The third-order valence-corrected chi connectivity index (χ3v) is 4.47. The van der Waals surface area contributed by atoms with Crippen LogP contribution in [0.15, 0.2) is 34.9 Å². The number of aryl methyl sites for hydroxylation is 1. The van der Waals surface area contributed by atoms with Gasteiger partial charge < -0.3 is 25.3 Å². The van der Waals surface area contributed by atoms with Crippen molar-refractivity contribution in [2.75, 3.05) is 18.4 Å². The summed E-state index contributed by atoms with van der Waals surface area (Å²) >= 11 is 0. The summed E-state index contributed by atoms with van der Waals surface area (Å²) in [5.74, 6) is -0.935. The van der Waals surface area contributed by atoms with Crippen LogP contribution in [0.25, 0.3) is 11.2 Å². The Bertz CT molecular complexity index is 978. The molecule has 3 aromatic heterocycles. The number of pyridine rings is 1. The molecular weight excluding hydrogens is 378 g/mol. The number of aliphatic carboxylic acids is 2. The summed E-state index contributed by atoms with van der Waals surface area (Å²) in [6.07, 6.45) is 4.02. The van der Waals surface area contributed by atoms with Crippen LogP contribution in [-0.2, 0) is 16.1 Å². The van der Waals surface area contributed by atoms with Gasteiger partial charge in [-0.15, -0.1) is 0 Å². The number of hydrogen-bond acceptors (Lipinski definition) is 7. The van der Waals surface area contributed by atoms with Crippen LogP contribution in [0.5, 0.6) is 0 Å². The van der Waals surface area contributed by atoms with Crippen molar-refractivity contribution in [2.24, 2.45) is 0 Å². The Kier molecular flexibility index (Phi) is 6.45. The monoisotopic (exact) mass is 401 g/mol. The Morgan fingerprint density at radius 3 is 2.59 bits per heavy atom. The molecule has 4 heterocycles. The number of carboxylic acid groups (broad SMARTS) is 2. The molecule has 10 heteroatoms. The Balaban J connectivity index is 0.000000353. The van der Waals surface area contributed by atoms with E-state index >= 15 is 0 Å². The van der Waals surface area contributed by atoms with Gasteiger partial charge in [-0.1, -0.05) is 0 Å². The van der Waals surface area contributed by atoms with Crippen molar-refractivity contribution in [1.82, 2.24) is 19.9 Å². The van der Waals surface area contributed by atoms with Crippen LogP contribution in [0.4, 0.5) is 5.95 Å². The molecule has 154 valence electrons. The summed E-state index contributed by atoms with van der Waals surface area (Å²) in [5, 5.41) is 21.8. The number of nitrogens with zero attached hydrogens (tertiary/aromatic N) is 3. The van der Waals surface area contributed by atoms with E-state index in [1.54, 1.807) is 0 Å². The molecule has 0 radical (unpaired) electrons. The van der Waals surface area contributed by atoms with E-state index in [2.05, 4.69) is 20.2 Å². The second kappa shape index (κ2) is 9.20. The van der Waals surface area contributed by atoms with Gasteiger partial charge in [0.25, 0.3) is 0 Å². The van der Waals surface area contributed by atoms with E-state index in [1.165, 1.54) is 0 Å². The SMILES string of the molecule is Cc1ccc(Cn2c(NC3CCNCC3)nc3cccnc32)o1.O=C(O)C(=O)O. The first-order valence-electron chi connectivity index (χ1n) is 9.24. The Labute approximate surface area is 166 Å². The lowest BCUT2D eigenvalue weighted by Gasteiger charge is -2.24. The normalized spacial score (nSPS) is 14.2. The summed E-state index contributed by atoms with van der Waals surface area (Å²) in [6.45, 7) is 4.69. The lowest BCUT2D eigenvalue weighted by atomic mass is 10.1. The van der Waals surface area contributed by atoms with Crippen molar-refractivity contribution in [3.05, 3.63) is 42.0 Å². The minimum absolute atomic E-state index is 0.449. The number of carboxylic acids is 2. The quantitative estimate of drug-likeness (QED) is 0.480. The summed E-state index contributed by atoms with van der Waals surface area (Å²) in [4.78, 5) is 27.4. The van der Waals surface area contributed by atoms with Crippen molar-refractivity contribution in [3.63, 3.8) is 0 Å². The van der Waals surface area contributed by atoms with E-state index in [0.717, 1.165) is 54.6 Å². The molecule has 0 aromatic carbocycles. The zero-order valence-electron chi connectivity index (χ0n) is 16.0. The molecule has 0 bridgehead atoms. The summed E-state index contributed by atoms with van der Waals surface area (Å²) in [5.41, 5.74) is 1.80. The molecule has 0 spiro atoms. The number of carbonyl (C=O) groups is 2. The minimum Gasteiger partial charge on any atom is -0.473 e. The zero-order valence-corrected chi connectivity index (χ0v) is 16.0. The Morgan fingerprint density at radius 1 is 1.24 bits per heavy atom. The fourth-order valence-electron chi connectivity index (χ4n) is 3.09. The zero-order chi connectivity index (χ0) is 20.8. The number of nitrogens with one attached hydrogen (secondary N) is 2. The summed E-state index contributed by atoms with van der Waals surface area (Å²) in [7, 11) is 0. The van der Waals surface area contributed by atoms with Gasteiger partial charge in [0.2, 0.25) is 5.95 Å². The molecule has 29 heavy (non-hydrogen) atoms. The fourth-order valence-corrected chi connectivity index (χ4v) is 3.09. The highest BCUT2D eigenvalue weighted by molar-refractivity contribution is 6.27. The van der Waals surface area contributed by atoms with Gasteiger partial charge in [0.1, 0.15) is 17.0 Å². The number of anilines is 1. The molecule has 0 amide bonds. The van der Waals surface area contributed by atoms with Crippen LogP contribution >= 0.6 is 0 Å². The lowest BCUT2D eigenvalue weighted by molar-refractivity contribution is -0.159. The van der Waals surface area contributed by atoms with Crippen LogP contribution < -0.4 is 10.6 Å². The second-order valence-corrected chi connectivity index (χ2v) is 6.66. The van der Waals surface area contributed by atoms with Crippen LogP contribution in [0.1, 0.15) is 24.4 Å². The van der Waals surface area contributed by atoms with Gasteiger partial charge >= 0.3 is 11.9 Å². The summed E-state index contributed by atoms with van der Waals surface area (Å²) in [6, 6.07) is 8.37. The van der Waals surface area contributed by atoms with Gasteiger partial charge in [0.15, 0.2) is 5.65 Å².